The number of aliphatic hydroxyl groups is 1. The topological polar surface area (TPSA) is 33.1 Å². The SMILES string of the molecule is OCCc1ccccc1-c1cccnc1Br. The smallest absolute Gasteiger partial charge is 0.113 e. The van der Waals surface area contributed by atoms with Gasteiger partial charge in [-0.1, -0.05) is 30.3 Å². The van der Waals surface area contributed by atoms with Gasteiger partial charge in [-0.15, -0.1) is 0 Å². The van der Waals surface area contributed by atoms with Crippen molar-refractivity contribution in [1.29, 1.82) is 0 Å². The van der Waals surface area contributed by atoms with E-state index in [1.165, 1.54) is 0 Å². The lowest BCUT2D eigenvalue weighted by Crippen LogP contribution is -1.94. The summed E-state index contributed by atoms with van der Waals surface area (Å²) in [5, 5.41) is 9.03. The molecule has 2 rings (SSSR count). The number of aliphatic hydroxyl groups excluding tert-OH is 1. The van der Waals surface area contributed by atoms with E-state index in [9.17, 15) is 0 Å². The molecule has 0 aliphatic heterocycles. The fraction of sp³-hybridized carbons (Fsp3) is 0.154. The van der Waals surface area contributed by atoms with Crippen LogP contribution in [0.3, 0.4) is 0 Å². The van der Waals surface area contributed by atoms with E-state index in [0.29, 0.717) is 6.42 Å². The number of halogens is 1. The van der Waals surface area contributed by atoms with Crippen LogP contribution in [-0.2, 0) is 6.42 Å². The standard InChI is InChI=1S/C13H12BrNO/c14-13-12(6-3-8-15-13)11-5-2-1-4-10(11)7-9-16/h1-6,8,16H,7,9H2. The molecule has 2 aromatic rings. The number of aromatic nitrogens is 1. The number of hydrogen-bond acceptors (Lipinski definition) is 2. The lowest BCUT2D eigenvalue weighted by atomic mass is 9.99. The molecule has 1 heterocycles. The second-order valence-corrected chi connectivity index (χ2v) is 4.22. The van der Waals surface area contributed by atoms with E-state index in [-0.39, 0.29) is 6.61 Å². The van der Waals surface area contributed by atoms with Gasteiger partial charge in [-0.25, -0.2) is 4.98 Å². The van der Waals surface area contributed by atoms with E-state index in [2.05, 4.69) is 20.9 Å². The van der Waals surface area contributed by atoms with Gasteiger partial charge in [-0.2, -0.15) is 0 Å². The molecular weight excluding hydrogens is 266 g/mol. The van der Waals surface area contributed by atoms with Crippen LogP contribution in [0.5, 0.6) is 0 Å². The third-order valence-electron chi connectivity index (χ3n) is 2.45. The van der Waals surface area contributed by atoms with Crippen LogP contribution < -0.4 is 0 Å². The monoisotopic (exact) mass is 277 g/mol. The maximum Gasteiger partial charge on any atom is 0.113 e. The Morgan fingerprint density at radius 1 is 1.06 bits per heavy atom. The molecule has 0 amide bonds. The zero-order valence-corrected chi connectivity index (χ0v) is 10.3. The highest BCUT2D eigenvalue weighted by Crippen LogP contribution is 2.29. The third kappa shape index (κ3) is 2.31. The molecule has 0 aliphatic carbocycles. The molecule has 16 heavy (non-hydrogen) atoms. The van der Waals surface area contributed by atoms with Crippen LogP contribution in [0.15, 0.2) is 47.2 Å². The third-order valence-corrected chi connectivity index (χ3v) is 3.08. The minimum absolute atomic E-state index is 0.162. The molecule has 0 atom stereocenters. The Labute approximate surface area is 103 Å². The Balaban J connectivity index is 2.51. The molecule has 3 heteroatoms. The molecule has 1 aromatic heterocycles. The fourth-order valence-corrected chi connectivity index (χ4v) is 2.17. The van der Waals surface area contributed by atoms with Gasteiger partial charge in [0.05, 0.1) is 0 Å². The summed E-state index contributed by atoms with van der Waals surface area (Å²) in [6.07, 6.45) is 2.42. The van der Waals surface area contributed by atoms with Crippen molar-refractivity contribution in [3.63, 3.8) is 0 Å². The van der Waals surface area contributed by atoms with Gasteiger partial charge in [0, 0.05) is 18.4 Å². The first-order valence-electron chi connectivity index (χ1n) is 5.12. The Morgan fingerprint density at radius 2 is 1.81 bits per heavy atom. The van der Waals surface area contributed by atoms with Gasteiger partial charge in [0.1, 0.15) is 4.60 Å². The first-order chi connectivity index (χ1) is 7.83. The highest BCUT2D eigenvalue weighted by atomic mass is 79.9. The molecule has 0 spiro atoms. The summed E-state index contributed by atoms with van der Waals surface area (Å²) in [5.41, 5.74) is 3.32. The summed E-state index contributed by atoms with van der Waals surface area (Å²) < 4.78 is 0.834. The van der Waals surface area contributed by atoms with Gasteiger partial charge in [0.15, 0.2) is 0 Å². The van der Waals surface area contributed by atoms with Crippen molar-refractivity contribution in [1.82, 2.24) is 4.98 Å². The van der Waals surface area contributed by atoms with Crippen molar-refractivity contribution in [2.24, 2.45) is 0 Å². The predicted octanol–water partition coefficient (Wildman–Crippen LogP) is 3.05. The van der Waals surface area contributed by atoms with Crippen molar-refractivity contribution in [2.75, 3.05) is 6.61 Å². The van der Waals surface area contributed by atoms with Crippen LogP contribution in [0.2, 0.25) is 0 Å². The minimum Gasteiger partial charge on any atom is -0.396 e. The van der Waals surface area contributed by atoms with E-state index in [1.54, 1.807) is 6.20 Å². The molecule has 0 radical (unpaired) electrons. The largest absolute Gasteiger partial charge is 0.396 e. The number of pyridine rings is 1. The molecule has 2 nitrogen and oxygen atoms in total. The van der Waals surface area contributed by atoms with Crippen molar-refractivity contribution in [3.05, 3.63) is 52.8 Å². The van der Waals surface area contributed by atoms with Gasteiger partial charge < -0.3 is 5.11 Å². The van der Waals surface area contributed by atoms with E-state index >= 15 is 0 Å². The Morgan fingerprint density at radius 3 is 2.56 bits per heavy atom. The molecular formula is C13H12BrNO. The van der Waals surface area contributed by atoms with E-state index in [0.717, 1.165) is 21.3 Å². The Bertz CT molecular complexity index is 485. The summed E-state index contributed by atoms with van der Waals surface area (Å²) in [4.78, 5) is 4.21. The highest BCUT2D eigenvalue weighted by Gasteiger charge is 2.07. The summed E-state index contributed by atoms with van der Waals surface area (Å²) in [7, 11) is 0. The second kappa shape index (κ2) is 5.23. The van der Waals surface area contributed by atoms with Crippen molar-refractivity contribution >= 4 is 15.9 Å². The zero-order chi connectivity index (χ0) is 11.4. The maximum atomic E-state index is 9.03. The molecule has 1 aromatic carbocycles. The molecule has 82 valence electrons. The molecule has 0 saturated heterocycles. The van der Waals surface area contributed by atoms with Crippen LogP contribution in [0.1, 0.15) is 5.56 Å². The number of nitrogens with zero attached hydrogens (tertiary/aromatic N) is 1. The van der Waals surface area contributed by atoms with Gasteiger partial charge in [-0.3, -0.25) is 0 Å². The molecule has 0 saturated carbocycles. The average molecular weight is 278 g/mol. The average Bonchev–Trinajstić information content (AvgIpc) is 2.31. The quantitative estimate of drug-likeness (QED) is 0.875. The lowest BCUT2D eigenvalue weighted by Gasteiger charge is -2.09. The van der Waals surface area contributed by atoms with Crippen LogP contribution in [0.25, 0.3) is 11.1 Å². The predicted molar refractivity (Wildman–Crippen MR) is 68.2 cm³/mol. The summed E-state index contributed by atoms with van der Waals surface area (Å²) >= 11 is 3.44. The molecule has 1 N–H and O–H groups in total. The van der Waals surface area contributed by atoms with E-state index in [4.69, 9.17) is 5.11 Å². The van der Waals surface area contributed by atoms with Gasteiger partial charge in [-0.05, 0) is 39.5 Å². The second-order valence-electron chi connectivity index (χ2n) is 3.47. The van der Waals surface area contributed by atoms with Gasteiger partial charge >= 0.3 is 0 Å². The normalized spacial score (nSPS) is 10.4. The van der Waals surface area contributed by atoms with Gasteiger partial charge in [0.2, 0.25) is 0 Å². The summed E-state index contributed by atoms with van der Waals surface area (Å²) in [6, 6.07) is 12.0. The number of benzene rings is 1. The summed E-state index contributed by atoms with van der Waals surface area (Å²) in [6.45, 7) is 0.162. The van der Waals surface area contributed by atoms with Crippen molar-refractivity contribution < 1.29 is 5.11 Å². The van der Waals surface area contributed by atoms with Crippen LogP contribution >= 0.6 is 15.9 Å². The summed E-state index contributed by atoms with van der Waals surface area (Å²) in [5.74, 6) is 0. The molecule has 0 bridgehead atoms. The Hall–Kier alpha value is -1.19. The number of rotatable bonds is 3. The minimum atomic E-state index is 0.162. The van der Waals surface area contributed by atoms with Crippen LogP contribution in [0, 0.1) is 0 Å². The first-order valence-corrected chi connectivity index (χ1v) is 5.92. The lowest BCUT2D eigenvalue weighted by molar-refractivity contribution is 0.300. The van der Waals surface area contributed by atoms with E-state index < -0.39 is 0 Å². The fourth-order valence-electron chi connectivity index (χ4n) is 1.71. The van der Waals surface area contributed by atoms with Gasteiger partial charge in [0.25, 0.3) is 0 Å². The van der Waals surface area contributed by atoms with E-state index in [1.807, 2.05) is 36.4 Å². The number of hydrogen-bond donors (Lipinski definition) is 1. The zero-order valence-electron chi connectivity index (χ0n) is 8.73. The van der Waals surface area contributed by atoms with Crippen molar-refractivity contribution in [2.45, 2.75) is 6.42 Å². The first kappa shape index (κ1) is 11.3. The van der Waals surface area contributed by atoms with Crippen LogP contribution in [-0.4, -0.2) is 16.7 Å². The highest BCUT2D eigenvalue weighted by molar-refractivity contribution is 9.10. The van der Waals surface area contributed by atoms with Crippen molar-refractivity contribution in [3.8, 4) is 11.1 Å². The molecule has 0 fully saturated rings. The molecule has 0 aliphatic rings. The maximum absolute atomic E-state index is 9.03. The Kier molecular flexibility index (Phi) is 3.70. The molecule has 0 unspecified atom stereocenters. The van der Waals surface area contributed by atoms with Crippen LogP contribution in [0.4, 0.5) is 0 Å².